The number of rotatable bonds is 3. The number of amides is 2. The first-order valence-corrected chi connectivity index (χ1v) is 11.2. The highest BCUT2D eigenvalue weighted by atomic mass is 16.5. The van der Waals surface area contributed by atoms with Gasteiger partial charge in [-0.05, 0) is 62.6 Å². The van der Waals surface area contributed by atoms with Crippen molar-refractivity contribution in [2.75, 3.05) is 41.4 Å². The molecule has 0 bridgehead atoms. The van der Waals surface area contributed by atoms with Crippen molar-refractivity contribution in [2.24, 2.45) is 0 Å². The summed E-state index contributed by atoms with van der Waals surface area (Å²) in [5.41, 5.74) is 4.64. The highest BCUT2D eigenvalue weighted by Crippen LogP contribution is 2.34. The smallest absolute Gasteiger partial charge is 0.327 e. The third kappa shape index (κ3) is 4.23. The van der Waals surface area contributed by atoms with Crippen LogP contribution in [0.1, 0.15) is 25.0 Å². The number of benzene rings is 1. The van der Waals surface area contributed by atoms with Crippen molar-refractivity contribution in [1.82, 2.24) is 9.97 Å². The number of hydrogen-bond donors (Lipinski definition) is 1. The Bertz CT molecular complexity index is 1130. The molecule has 0 atom stereocenters. The number of aryl methyl sites for hydroxylation is 1. The summed E-state index contributed by atoms with van der Waals surface area (Å²) in [6.07, 6.45) is 4.90. The summed E-state index contributed by atoms with van der Waals surface area (Å²) in [6.45, 7) is 5.17. The van der Waals surface area contributed by atoms with E-state index in [1.165, 1.54) is 18.5 Å². The maximum absolute atomic E-state index is 13.2. The molecule has 0 unspecified atom stereocenters. The van der Waals surface area contributed by atoms with Crippen molar-refractivity contribution in [3.8, 4) is 17.0 Å². The van der Waals surface area contributed by atoms with Gasteiger partial charge in [-0.1, -0.05) is 12.1 Å². The van der Waals surface area contributed by atoms with Gasteiger partial charge >= 0.3 is 6.03 Å². The van der Waals surface area contributed by atoms with Crippen LogP contribution in [-0.4, -0.2) is 42.2 Å². The molecule has 7 heteroatoms. The topological polar surface area (TPSA) is 70.6 Å². The number of nitrogens with zero attached hydrogens (tertiary/aromatic N) is 4. The van der Waals surface area contributed by atoms with Crippen molar-refractivity contribution in [3.63, 3.8) is 0 Å². The van der Waals surface area contributed by atoms with Crippen molar-refractivity contribution >= 4 is 23.2 Å². The van der Waals surface area contributed by atoms with Crippen LogP contribution < -0.4 is 19.9 Å². The van der Waals surface area contributed by atoms with Gasteiger partial charge in [0.25, 0.3) is 0 Å². The third-order valence-electron chi connectivity index (χ3n) is 5.88. The van der Waals surface area contributed by atoms with E-state index in [0.29, 0.717) is 30.4 Å². The molecule has 1 N–H and O–H groups in total. The molecular weight excluding hydrogens is 402 g/mol. The second kappa shape index (κ2) is 8.86. The van der Waals surface area contributed by atoms with Gasteiger partial charge in [-0.2, -0.15) is 0 Å². The molecule has 3 aromatic rings. The molecule has 5 rings (SSSR count). The lowest BCUT2D eigenvalue weighted by Crippen LogP contribution is -2.36. The van der Waals surface area contributed by atoms with E-state index in [4.69, 9.17) is 9.72 Å². The lowest BCUT2D eigenvalue weighted by Gasteiger charge is -2.22. The van der Waals surface area contributed by atoms with Crippen LogP contribution in [-0.2, 0) is 0 Å². The Morgan fingerprint density at radius 2 is 1.91 bits per heavy atom. The largest absolute Gasteiger partial charge is 0.490 e. The Hall–Kier alpha value is -3.61. The van der Waals surface area contributed by atoms with Crippen LogP contribution >= 0.6 is 0 Å². The number of carbonyl (C=O) groups excluding carboxylic acids is 1. The van der Waals surface area contributed by atoms with Crippen LogP contribution in [0.15, 0.2) is 54.7 Å². The van der Waals surface area contributed by atoms with Gasteiger partial charge < -0.3 is 15.0 Å². The molecule has 4 heterocycles. The monoisotopic (exact) mass is 429 g/mol. The summed E-state index contributed by atoms with van der Waals surface area (Å²) >= 11 is 0. The lowest BCUT2D eigenvalue weighted by molar-refractivity contribution is 0.256. The summed E-state index contributed by atoms with van der Waals surface area (Å²) in [5.74, 6) is 1.18. The Morgan fingerprint density at radius 3 is 2.75 bits per heavy atom. The molecule has 0 aliphatic carbocycles. The van der Waals surface area contributed by atoms with Crippen LogP contribution in [0.3, 0.4) is 0 Å². The molecule has 0 saturated carbocycles. The Labute approximate surface area is 188 Å². The standard InChI is InChI=1S/C25H27N5O2/c1-18-16-20(10-11-26-18)27-25(31)30-14-5-15-32-23-9-8-22(28-24(23)30)19-6-4-7-21(17-19)29-12-2-3-13-29/h4,6-11,16-17H,2-3,5,12-15H2,1H3,(H,26,27,31). The number of hydrogen-bond acceptors (Lipinski definition) is 5. The molecule has 0 radical (unpaired) electrons. The molecule has 7 nitrogen and oxygen atoms in total. The zero-order valence-electron chi connectivity index (χ0n) is 18.3. The van der Waals surface area contributed by atoms with E-state index in [2.05, 4.69) is 39.5 Å². The van der Waals surface area contributed by atoms with Gasteiger partial charge in [0.2, 0.25) is 0 Å². The predicted octanol–water partition coefficient (Wildman–Crippen LogP) is 4.87. The molecule has 1 saturated heterocycles. The van der Waals surface area contributed by atoms with E-state index in [-0.39, 0.29) is 6.03 Å². The van der Waals surface area contributed by atoms with Crippen LogP contribution in [0, 0.1) is 6.92 Å². The van der Waals surface area contributed by atoms with E-state index >= 15 is 0 Å². The number of pyridine rings is 2. The highest BCUT2D eigenvalue weighted by Gasteiger charge is 2.25. The van der Waals surface area contributed by atoms with Gasteiger partial charge in [0.05, 0.1) is 12.3 Å². The molecule has 1 fully saturated rings. The number of anilines is 3. The van der Waals surface area contributed by atoms with Gasteiger partial charge in [-0.3, -0.25) is 9.88 Å². The fourth-order valence-corrected chi connectivity index (χ4v) is 4.26. The maximum atomic E-state index is 13.2. The van der Waals surface area contributed by atoms with E-state index in [9.17, 15) is 4.79 Å². The number of carbonyl (C=O) groups is 1. The summed E-state index contributed by atoms with van der Waals surface area (Å²) < 4.78 is 5.89. The summed E-state index contributed by atoms with van der Waals surface area (Å²) in [5, 5.41) is 2.97. The number of fused-ring (bicyclic) bond motifs is 1. The minimum atomic E-state index is -0.224. The van der Waals surface area contributed by atoms with Gasteiger partial charge in [0.1, 0.15) is 0 Å². The van der Waals surface area contributed by atoms with Crippen molar-refractivity contribution < 1.29 is 9.53 Å². The molecule has 2 aromatic heterocycles. The van der Waals surface area contributed by atoms with Gasteiger partial charge in [0.15, 0.2) is 11.6 Å². The second-order valence-corrected chi connectivity index (χ2v) is 8.23. The third-order valence-corrected chi connectivity index (χ3v) is 5.88. The van der Waals surface area contributed by atoms with Crippen molar-refractivity contribution in [1.29, 1.82) is 0 Å². The van der Waals surface area contributed by atoms with Gasteiger partial charge in [-0.25, -0.2) is 9.78 Å². The average molecular weight is 430 g/mol. The molecule has 164 valence electrons. The van der Waals surface area contributed by atoms with Crippen LogP contribution in [0.5, 0.6) is 5.75 Å². The van der Waals surface area contributed by atoms with E-state index in [0.717, 1.165) is 36.5 Å². The molecule has 2 aliphatic heterocycles. The molecule has 1 aromatic carbocycles. The Balaban J connectivity index is 1.46. The fraction of sp³-hybridized carbons (Fsp3) is 0.320. The van der Waals surface area contributed by atoms with Gasteiger partial charge in [-0.15, -0.1) is 0 Å². The minimum Gasteiger partial charge on any atom is -0.490 e. The quantitative estimate of drug-likeness (QED) is 0.643. The number of nitrogens with one attached hydrogen (secondary N) is 1. The molecule has 32 heavy (non-hydrogen) atoms. The normalized spacial score (nSPS) is 15.7. The summed E-state index contributed by atoms with van der Waals surface area (Å²) in [7, 11) is 0. The van der Waals surface area contributed by atoms with E-state index in [1.54, 1.807) is 17.2 Å². The molecule has 0 spiro atoms. The van der Waals surface area contributed by atoms with Crippen LogP contribution in [0.2, 0.25) is 0 Å². The first-order chi connectivity index (χ1) is 15.7. The SMILES string of the molecule is Cc1cc(NC(=O)N2CCCOc3ccc(-c4cccc(N5CCCC5)c4)nc32)ccn1. The average Bonchev–Trinajstić information content (AvgIpc) is 3.26. The van der Waals surface area contributed by atoms with E-state index < -0.39 is 0 Å². The molecule has 2 amide bonds. The fourth-order valence-electron chi connectivity index (χ4n) is 4.26. The Kier molecular flexibility index (Phi) is 5.62. The van der Waals surface area contributed by atoms with Crippen molar-refractivity contribution in [3.05, 3.63) is 60.4 Å². The Morgan fingerprint density at radius 1 is 1.03 bits per heavy atom. The van der Waals surface area contributed by atoms with E-state index in [1.807, 2.05) is 25.1 Å². The van der Waals surface area contributed by atoms with Crippen LogP contribution in [0.4, 0.5) is 22.0 Å². The first kappa shape index (κ1) is 20.3. The maximum Gasteiger partial charge on any atom is 0.327 e. The molecule has 2 aliphatic rings. The zero-order valence-corrected chi connectivity index (χ0v) is 18.3. The predicted molar refractivity (Wildman–Crippen MR) is 127 cm³/mol. The lowest BCUT2D eigenvalue weighted by atomic mass is 10.1. The number of ether oxygens (including phenoxy) is 1. The van der Waals surface area contributed by atoms with Crippen LogP contribution in [0.25, 0.3) is 11.3 Å². The minimum absolute atomic E-state index is 0.224. The first-order valence-electron chi connectivity index (χ1n) is 11.2. The van der Waals surface area contributed by atoms with Crippen molar-refractivity contribution in [2.45, 2.75) is 26.2 Å². The number of aromatic nitrogens is 2. The molecular formula is C25H27N5O2. The number of urea groups is 1. The second-order valence-electron chi connectivity index (χ2n) is 8.23. The highest BCUT2D eigenvalue weighted by molar-refractivity contribution is 6.02. The summed E-state index contributed by atoms with van der Waals surface area (Å²) in [4.78, 5) is 26.3. The zero-order chi connectivity index (χ0) is 21.9. The summed E-state index contributed by atoms with van der Waals surface area (Å²) in [6, 6.07) is 15.8. The van der Waals surface area contributed by atoms with Gasteiger partial charge in [0, 0.05) is 48.5 Å².